The molecule has 0 spiro atoms. The van der Waals surface area contributed by atoms with E-state index < -0.39 is 5.91 Å². The van der Waals surface area contributed by atoms with Crippen molar-refractivity contribution in [2.75, 3.05) is 62.7 Å². The molecule has 3 amide bonds. The van der Waals surface area contributed by atoms with Crippen molar-refractivity contribution < 1.29 is 19.1 Å². The Hall–Kier alpha value is -3.84. The van der Waals surface area contributed by atoms with Gasteiger partial charge >= 0.3 is 0 Å². The highest BCUT2D eigenvalue weighted by atomic mass is 16.5. The van der Waals surface area contributed by atoms with Crippen LogP contribution in [0.25, 0.3) is 0 Å². The molecular weight excluding hydrogens is 562 g/mol. The molecule has 0 radical (unpaired) electrons. The summed E-state index contributed by atoms with van der Waals surface area (Å²) < 4.78 is 5.34. The first-order chi connectivity index (χ1) is 21.4. The Bertz CT molecular complexity index is 1320. The second-order valence-corrected chi connectivity index (χ2v) is 12.3. The fourth-order valence-corrected chi connectivity index (χ4v) is 6.88. The molecule has 0 unspecified atom stereocenters. The lowest BCUT2D eigenvalue weighted by molar-refractivity contribution is -0.127. The Morgan fingerprint density at radius 3 is 2.30 bits per heavy atom. The van der Waals surface area contributed by atoms with Crippen molar-refractivity contribution in [3.63, 3.8) is 0 Å². The molecule has 44 heavy (non-hydrogen) atoms. The Labute approximate surface area is 257 Å². The molecule has 1 aliphatic carbocycles. The van der Waals surface area contributed by atoms with Crippen molar-refractivity contribution in [1.82, 2.24) is 30.3 Å². The molecular formula is C31H43N9O4. The monoisotopic (exact) mass is 605 g/mol. The van der Waals surface area contributed by atoms with Gasteiger partial charge in [-0.25, -0.2) is 0 Å². The van der Waals surface area contributed by atoms with Crippen LogP contribution in [0.15, 0.2) is 24.3 Å². The van der Waals surface area contributed by atoms with E-state index in [9.17, 15) is 14.4 Å². The first kappa shape index (κ1) is 30.2. The summed E-state index contributed by atoms with van der Waals surface area (Å²) in [7, 11) is 0. The zero-order valence-corrected chi connectivity index (χ0v) is 25.2. The molecule has 3 saturated heterocycles. The molecule has 6 rings (SSSR count). The number of nitrogens with one attached hydrogen (secondary N) is 2. The minimum Gasteiger partial charge on any atom is -0.378 e. The normalized spacial score (nSPS) is 22.1. The van der Waals surface area contributed by atoms with Crippen molar-refractivity contribution in [3.05, 3.63) is 35.5 Å². The summed E-state index contributed by atoms with van der Waals surface area (Å²) >= 11 is 0. The Kier molecular flexibility index (Phi) is 9.51. The van der Waals surface area contributed by atoms with Crippen LogP contribution in [-0.2, 0) is 9.53 Å². The number of primary amides is 1. The van der Waals surface area contributed by atoms with Crippen LogP contribution < -0.4 is 21.3 Å². The smallest absolute Gasteiger partial charge is 0.273 e. The maximum atomic E-state index is 13.2. The zero-order valence-electron chi connectivity index (χ0n) is 25.2. The summed E-state index contributed by atoms with van der Waals surface area (Å²) in [6.07, 6.45) is 8.84. The quantitative estimate of drug-likeness (QED) is 0.406. The average Bonchev–Trinajstić information content (AvgIpc) is 3.61. The van der Waals surface area contributed by atoms with Crippen LogP contribution >= 0.6 is 0 Å². The SMILES string of the molecule is NC(=O)c1nnc(N2CCC[C@@H](NC(=O)C3CCN(C4CCCC4)CC3)C2)nc1Nc1ccc(C(=O)N2CCOCC2)cc1. The molecule has 2 aromatic rings. The number of morpholine rings is 1. The number of nitrogens with zero attached hydrogens (tertiary/aromatic N) is 6. The number of hydrogen-bond donors (Lipinski definition) is 3. The molecule has 1 aromatic carbocycles. The first-order valence-corrected chi connectivity index (χ1v) is 16.0. The second kappa shape index (κ2) is 13.9. The van der Waals surface area contributed by atoms with Gasteiger partial charge in [-0.3, -0.25) is 14.4 Å². The third-order valence-electron chi connectivity index (χ3n) is 9.39. The van der Waals surface area contributed by atoms with E-state index in [1.165, 1.54) is 25.7 Å². The maximum Gasteiger partial charge on any atom is 0.273 e. The van der Waals surface area contributed by atoms with E-state index in [0.29, 0.717) is 62.6 Å². The van der Waals surface area contributed by atoms with Gasteiger partial charge in [0.05, 0.1) is 13.2 Å². The predicted octanol–water partition coefficient (Wildman–Crippen LogP) is 1.93. The minimum absolute atomic E-state index is 0.0171. The standard InChI is InChI=1S/C31H43N9O4/c32-27(41)26-28(33-23-9-7-22(8-10-23)30(43)39-16-18-44-19-17-39)35-31(37-36-26)40-13-3-4-24(20-40)34-29(42)21-11-14-38(15-12-21)25-5-1-2-6-25/h7-10,21,24-25H,1-6,11-20H2,(H2,32,41)(H,34,42)(H,33,35,37)/t24-/m1/s1. The summed E-state index contributed by atoms with van der Waals surface area (Å²) in [6, 6.07) is 7.67. The third-order valence-corrected chi connectivity index (χ3v) is 9.39. The van der Waals surface area contributed by atoms with Gasteiger partial charge in [-0.2, -0.15) is 4.98 Å². The second-order valence-electron chi connectivity index (χ2n) is 12.3. The van der Waals surface area contributed by atoms with Gasteiger partial charge < -0.3 is 35.8 Å². The number of likely N-dealkylation sites (tertiary alicyclic amines) is 1. The summed E-state index contributed by atoms with van der Waals surface area (Å²) in [5.41, 5.74) is 6.70. The number of nitrogens with two attached hydrogens (primary N) is 1. The zero-order chi connectivity index (χ0) is 30.5. The van der Waals surface area contributed by atoms with Crippen LogP contribution in [0.4, 0.5) is 17.5 Å². The van der Waals surface area contributed by atoms with Crippen LogP contribution in [0.5, 0.6) is 0 Å². The number of ether oxygens (including phenoxy) is 1. The lowest BCUT2D eigenvalue weighted by Gasteiger charge is -2.37. The van der Waals surface area contributed by atoms with E-state index >= 15 is 0 Å². The fraction of sp³-hybridized carbons (Fsp3) is 0.613. The van der Waals surface area contributed by atoms with E-state index in [4.69, 9.17) is 10.5 Å². The number of rotatable bonds is 8. The highest BCUT2D eigenvalue weighted by molar-refractivity contribution is 5.97. The molecule has 4 N–H and O–H groups in total. The number of benzene rings is 1. The molecule has 4 heterocycles. The van der Waals surface area contributed by atoms with Gasteiger partial charge in [-0.1, -0.05) is 12.8 Å². The summed E-state index contributed by atoms with van der Waals surface area (Å²) in [4.78, 5) is 49.1. The number of piperidine rings is 2. The number of carbonyl (C=O) groups excluding carboxylic acids is 3. The van der Waals surface area contributed by atoms with Crippen LogP contribution in [0, 0.1) is 5.92 Å². The molecule has 13 nitrogen and oxygen atoms in total. The minimum atomic E-state index is -0.749. The molecule has 236 valence electrons. The molecule has 3 aliphatic heterocycles. The lowest BCUT2D eigenvalue weighted by Crippen LogP contribution is -2.51. The number of aromatic nitrogens is 3. The van der Waals surface area contributed by atoms with Crippen LogP contribution in [0.2, 0.25) is 0 Å². The van der Waals surface area contributed by atoms with Gasteiger partial charge in [0.2, 0.25) is 11.9 Å². The molecule has 1 saturated carbocycles. The molecule has 1 atom stereocenters. The van der Waals surface area contributed by atoms with E-state index in [1.54, 1.807) is 29.2 Å². The summed E-state index contributed by atoms with van der Waals surface area (Å²) in [6.45, 7) is 5.49. The summed E-state index contributed by atoms with van der Waals surface area (Å²) in [5.74, 6) is -0.0488. The molecule has 0 bridgehead atoms. The Morgan fingerprint density at radius 2 is 1.59 bits per heavy atom. The number of carbonyl (C=O) groups is 3. The van der Waals surface area contributed by atoms with Gasteiger partial charge in [0, 0.05) is 55.4 Å². The predicted molar refractivity (Wildman–Crippen MR) is 165 cm³/mol. The van der Waals surface area contributed by atoms with Crippen molar-refractivity contribution in [3.8, 4) is 0 Å². The number of hydrogen-bond acceptors (Lipinski definition) is 10. The van der Waals surface area contributed by atoms with Crippen molar-refractivity contribution in [1.29, 1.82) is 0 Å². The van der Waals surface area contributed by atoms with Crippen molar-refractivity contribution in [2.45, 2.75) is 63.5 Å². The van der Waals surface area contributed by atoms with Gasteiger partial charge in [0.1, 0.15) is 0 Å². The first-order valence-electron chi connectivity index (χ1n) is 16.0. The van der Waals surface area contributed by atoms with E-state index in [2.05, 4.69) is 30.7 Å². The van der Waals surface area contributed by atoms with E-state index in [0.717, 1.165) is 38.8 Å². The molecule has 4 fully saturated rings. The van der Waals surface area contributed by atoms with Crippen molar-refractivity contribution >= 4 is 35.2 Å². The molecule has 4 aliphatic rings. The van der Waals surface area contributed by atoms with Crippen LogP contribution in [0.3, 0.4) is 0 Å². The van der Waals surface area contributed by atoms with E-state index in [1.807, 2.05) is 4.90 Å². The average molecular weight is 606 g/mol. The van der Waals surface area contributed by atoms with Gasteiger partial charge in [0.15, 0.2) is 11.5 Å². The van der Waals surface area contributed by atoms with E-state index in [-0.39, 0.29) is 35.3 Å². The highest BCUT2D eigenvalue weighted by Crippen LogP contribution is 2.28. The van der Waals surface area contributed by atoms with Crippen LogP contribution in [0.1, 0.15) is 72.2 Å². The van der Waals surface area contributed by atoms with Crippen LogP contribution in [-0.4, -0.2) is 107 Å². The Morgan fingerprint density at radius 1 is 0.864 bits per heavy atom. The molecule has 1 aromatic heterocycles. The van der Waals surface area contributed by atoms with Crippen molar-refractivity contribution in [2.24, 2.45) is 11.7 Å². The third kappa shape index (κ3) is 7.10. The fourth-order valence-electron chi connectivity index (χ4n) is 6.88. The molecule has 13 heteroatoms. The maximum absolute atomic E-state index is 13.2. The van der Waals surface area contributed by atoms with Gasteiger partial charge in [0.25, 0.3) is 11.8 Å². The Balaban J connectivity index is 1.07. The van der Waals surface area contributed by atoms with Gasteiger partial charge in [-0.05, 0) is 75.9 Å². The lowest BCUT2D eigenvalue weighted by atomic mass is 9.93. The number of anilines is 3. The summed E-state index contributed by atoms with van der Waals surface area (Å²) in [5, 5.41) is 14.7. The number of amides is 3. The topological polar surface area (TPSA) is 159 Å². The highest BCUT2D eigenvalue weighted by Gasteiger charge is 2.32. The largest absolute Gasteiger partial charge is 0.378 e. The van der Waals surface area contributed by atoms with Gasteiger partial charge in [-0.15, -0.1) is 10.2 Å².